The van der Waals surface area contributed by atoms with E-state index in [2.05, 4.69) is 0 Å². The second-order valence-electron chi connectivity index (χ2n) is 11.8. The molecule has 6 rings (SSSR count). The molecular formula is C31H38N4O10. The molecule has 0 aliphatic carbocycles. The summed E-state index contributed by atoms with van der Waals surface area (Å²) >= 11 is 0. The average molecular weight is 627 g/mol. The van der Waals surface area contributed by atoms with Crippen LogP contribution in [0, 0.1) is 0 Å². The van der Waals surface area contributed by atoms with Gasteiger partial charge in [0, 0.05) is 57.7 Å². The zero-order valence-corrected chi connectivity index (χ0v) is 25.6. The van der Waals surface area contributed by atoms with Crippen molar-refractivity contribution in [3.8, 4) is 23.0 Å². The molecule has 4 aliphatic rings. The molecule has 2 fully saturated rings. The Morgan fingerprint density at radius 2 is 1.29 bits per heavy atom. The lowest BCUT2D eigenvalue weighted by atomic mass is 10.1. The van der Waals surface area contributed by atoms with E-state index in [9.17, 15) is 29.7 Å². The van der Waals surface area contributed by atoms with Gasteiger partial charge < -0.3 is 49.0 Å². The van der Waals surface area contributed by atoms with Gasteiger partial charge >= 0.3 is 0 Å². The zero-order valence-electron chi connectivity index (χ0n) is 25.6. The van der Waals surface area contributed by atoms with Gasteiger partial charge in [-0.3, -0.25) is 19.3 Å². The minimum atomic E-state index is -1.10. The second kappa shape index (κ2) is 12.0. The van der Waals surface area contributed by atoms with Crippen molar-refractivity contribution in [3.63, 3.8) is 0 Å². The summed E-state index contributed by atoms with van der Waals surface area (Å²) in [6.07, 6.45) is -1.67. The van der Waals surface area contributed by atoms with E-state index in [1.165, 1.54) is 28.9 Å². The standard InChI is InChI=1S/C31H38N4O10/c1-32-20-12-26(24(42-3)10-18(20)28(38)34-14-16(36)8-22(34)30(32)40)44-6-5-7-45-27-13-21-19(11-25(27)43-4)29(39)35-15-17(37)9-23(35)31(41)33(21)2/h10-13,16-17,22-23,28,36-38H,5-9,14-15H2,1-4H3. The van der Waals surface area contributed by atoms with Gasteiger partial charge in [0.25, 0.3) is 5.91 Å². The normalized spacial score (nSPS) is 26.2. The molecule has 5 unspecified atom stereocenters. The molecule has 4 aliphatic heterocycles. The van der Waals surface area contributed by atoms with Crippen LogP contribution in [0.4, 0.5) is 11.4 Å². The lowest BCUT2D eigenvalue weighted by molar-refractivity contribution is -0.125. The molecule has 3 N–H and O–H groups in total. The van der Waals surface area contributed by atoms with Crippen molar-refractivity contribution >= 4 is 29.1 Å². The minimum Gasteiger partial charge on any atom is -0.493 e. The zero-order chi connectivity index (χ0) is 32.2. The Morgan fingerprint density at radius 3 is 1.96 bits per heavy atom. The molecule has 2 saturated heterocycles. The third-order valence-electron chi connectivity index (χ3n) is 9.03. The van der Waals surface area contributed by atoms with Gasteiger partial charge in [-0.15, -0.1) is 0 Å². The third kappa shape index (κ3) is 5.31. The molecule has 2 aromatic carbocycles. The van der Waals surface area contributed by atoms with Crippen LogP contribution >= 0.6 is 0 Å². The van der Waals surface area contributed by atoms with Crippen LogP contribution in [-0.4, -0.2) is 122 Å². The molecule has 5 atom stereocenters. The highest BCUT2D eigenvalue weighted by molar-refractivity contribution is 6.11. The minimum absolute atomic E-state index is 0.0916. The van der Waals surface area contributed by atoms with Crippen LogP contribution in [0.5, 0.6) is 23.0 Å². The van der Waals surface area contributed by atoms with Crippen LogP contribution in [0.3, 0.4) is 0 Å². The first-order valence-corrected chi connectivity index (χ1v) is 14.9. The summed E-state index contributed by atoms with van der Waals surface area (Å²) < 4.78 is 23.1. The monoisotopic (exact) mass is 626 g/mol. The molecule has 0 radical (unpaired) electrons. The van der Waals surface area contributed by atoms with E-state index in [0.717, 1.165) is 0 Å². The van der Waals surface area contributed by atoms with E-state index in [-0.39, 0.29) is 62.4 Å². The van der Waals surface area contributed by atoms with Crippen molar-refractivity contribution in [2.75, 3.05) is 64.4 Å². The van der Waals surface area contributed by atoms with Crippen LogP contribution in [0.15, 0.2) is 24.3 Å². The van der Waals surface area contributed by atoms with Gasteiger partial charge in [0.15, 0.2) is 23.0 Å². The number of hydrogen-bond donors (Lipinski definition) is 3. The Labute approximate surface area is 260 Å². The number of carbonyl (C=O) groups excluding carboxylic acids is 3. The molecule has 3 amide bonds. The number of anilines is 2. The highest BCUT2D eigenvalue weighted by Gasteiger charge is 2.46. The fourth-order valence-corrected chi connectivity index (χ4v) is 6.67. The Hall–Kier alpha value is -4.11. The predicted octanol–water partition coefficient (Wildman–Crippen LogP) is 0.506. The van der Waals surface area contributed by atoms with Crippen molar-refractivity contribution in [2.45, 2.75) is 49.8 Å². The molecule has 0 saturated carbocycles. The Kier molecular flexibility index (Phi) is 8.24. The average Bonchev–Trinajstić information content (AvgIpc) is 3.60. The fraction of sp³-hybridized carbons (Fsp3) is 0.516. The SMILES string of the molecule is COc1cc2c(cc1OCCCOc1cc3c(cc1OC)C(O)N1CC(O)CC1C(=O)N3C)N(C)C(=O)C1CC(O)CN1C2=O. The van der Waals surface area contributed by atoms with Gasteiger partial charge in [-0.1, -0.05) is 0 Å². The lowest BCUT2D eigenvalue weighted by Crippen LogP contribution is -2.43. The van der Waals surface area contributed by atoms with Gasteiger partial charge in [-0.2, -0.15) is 0 Å². The van der Waals surface area contributed by atoms with E-state index >= 15 is 0 Å². The first-order valence-electron chi connectivity index (χ1n) is 14.9. The molecule has 45 heavy (non-hydrogen) atoms. The van der Waals surface area contributed by atoms with Gasteiger partial charge in [-0.25, -0.2) is 0 Å². The van der Waals surface area contributed by atoms with Crippen molar-refractivity contribution in [1.82, 2.24) is 9.80 Å². The molecule has 2 aromatic rings. The maximum Gasteiger partial charge on any atom is 0.256 e. The van der Waals surface area contributed by atoms with E-state index in [1.807, 2.05) is 0 Å². The number of carbonyl (C=O) groups is 3. The fourth-order valence-electron chi connectivity index (χ4n) is 6.67. The maximum absolute atomic E-state index is 13.3. The number of amides is 3. The number of hydrogen-bond acceptors (Lipinski definition) is 11. The summed E-state index contributed by atoms with van der Waals surface area (Å²) in [6.45, 7) is 0.714. The molecule has 242 valence electrons. The topological polar surface area (TPSA) is 162 Å². The van der Waals surface area contributed by atoms with E-state index < -0.39 is 30.5 Å². The van der Waals surface area contributed by atoms with Crippen LogP contribution in [0.2, 0.25) is 0 Å². The Balaban J connectivity index is 1.15. The number of fused-ring (bicyclic) bond motifs is 4. The van der Waals surface area contributed by atoms with Gasteiger partial charge in [0.2, 0.25) is 11.8 Å². The first kappa shape index (κ1) is 30.9. The summed E-state index contributed by atoms with van der Waals surface area (Å²) in [4.78, 5) is 45.5. The molecule has 0 aromatic heterocycles. The second-order valence-corrected chi connectivity index (χ2v) is 11.8. The van der Waals surface area contributed by atoms with Crippen molar-refractivity contribution < 1.29 is 48.7 Å². The van der Waals surface area contributed by atoms with Crippen LogP contribution in [0.1, 0.15) is 41.4 Å². The molecule has 4 heterocycles. The van der Waals surface area contributed by atoms with Gasteiger partial charge in [0.1, 0.15) is 12.3 Å². The highest BCUT2D eigenvalue weighted by atomic mass is 16.5. The quantitative estimate of drug-likeness (QED) is 0.350. The van der Waals surface area contributed by atoms with Crippen LogP contribution < -0.4 is 28.7 Å². The van der Waals surface area contributed by atoms with Crippen LogP contribution in [-0.2, 0) is 9.59 Å². The molecular weight excluding hydrogens is 588 g/mol. The van der Waals surface area contributed by atoms with Gasteiger partial charge in [0.05, 0.1) is 62.6 Å². The summed E-state index contributed by atoms with van der Waals surface area (Å²) in [5.74, 6) is 0.589. The number of rotatable bonds is 8. The van der Waals surface area contributed by atoms with E-state index in [1.54, 1.807) is 43.3 Å². The largest absolute Gasteiger partial charge is 0.493 e. The summed E-state index contributed by atoms with van der Waals surface area (Å²) in [6, 6.07) is 5.12. The summed E-state index contributed by atoms with van der Waals surface area (Å²) in [5, 5.41) is 31.3. The summed E-state index contributed by atoms with van der Waals surface area (Å²) in [5.41, 5.74) is 1.65. The van der Waals surface area contributed by atoms with E-state index in [4.69, 9.17) is 18.9 Å². The molecule has 0 spiro atoms. The maximum atomic E-state index is 13.3. The lowest BCUT2D eigenvalue weighted by Gasteiger charge is -2.25. The van der Waals surface area contributed by atoms with Crippen molar-refractivity contribution in [3.05, 3.63) is 35.4 Å². The van der Waals surface area contributed by atoms with Gasteiger partial charge in [-0.05, 0) is 18.6 Å². The Bertz CT molecular complexity index is 1520. The smallest absolute Gasteiger partial charge is 0.256 e. The number of methoxy groups -OCH3 is 2. The number of aliphatic hydroxyl groups excluding tert-OH is 3. The third-order valence-corrected chi connectivity index (χ3v) is 9.03. The number of likely N-dealkylation sites (N-methyl/N-ethyl adjacent to an activating group) is 2. The number of ether oxygens (including phenoxy) is 4. The number of benzene rings is 2. The predicted molar refractivity (Wildman–Crippen MR) is 160 cm³/mol. The Morgan fingerprint density at radius 1 is 0.733 bits per heavy atom. The number of nitrogens with zero attached hydrogens (tertiary/aromatic N) is 4. The number of aliphatic hydroxyl groups is 3. The molecule has 14 nitrogen and oxygen atoms in total. The van der Waals surface area contributed by atoms with Crippen molar-refractivity contribution in [1.29, 1.82) is 0 Å². The van der Waals surface area contributed by atoms with Crippen molar-refractivity contribution in [2.24, 2.45) is 0 Å². The van der Waals surface area contributed by atoms with E-state index in [0.29, 0.717) is 46.4 Å². The highest BCUT2D eigenvalue weighted by Crippen LogP contribution is 2.44. The van der Waals surface area contributed by atoms with Crippen LogP contribution in [0.25, 0.3) is 0 Å². The first-order chi connectivity index (χ1) is 21.5. The molecule has 0 bridgehead atoms. The summed E-state index contributed by atoms with van der Waals surface area (Å²) in [7, 11) is 6.18. The molecule has 14 heteroatoms.